The Kier molecular flexibility index (Phi) is 6.57. The third-order valence-electron chi connectivity index (χ3n) is 3.06. The van der Waals surface area contributed by atoms with Gasteiger partial charge >= 0.3 is 0 Å². The van der Waals surface area contributed by atoms with Crippen molar-refractivity contribution in [1.82, 2.24) is 5.43 Å². The van der Waals surface area contributed by atoms with Gasteiger partial charge < -0.3 is 10.2 Å². The molecule has 0 aromatic heterocycles. The van der Waals surface area contributed by atoms with Gasteiger partial charge in [-0.05, 0) is 36.8 Å². The fourth-order valence-corrected chi connectivity index (χ4v) is 2.32. The molecule has 112 valence electrons. The number of hydrogen-bond donors (Lipinski definition) is 2. The van der Waals surface area contributed by atoms with Crippen LogP contribution in [0.2, 0.25) is 0 Å². The van der Waals surface area contributed by atoms with Crippen LogP contribution in [0.1, 0.15) is 25.3 Å². The van der Waals surface area contributed by atoms with Crippen molar-refractivity contribution in [2.45, 2.75) is 26.3 Å². The van der Waals surface area contributed by atoms with E-state index in [4.69, 9.17) is 4.74 Å². The van der Waals surface area contributed by atoms with Crippen molar-refractivity contribution >= 4 is 21.6 Å². The van der Waals surface area contributed by atoms with Crippen LogP contribution in [-0.4, -0.2) is 6.61 Å². The van der Waals surface area contributed by atoms with E-state index in [1.807, 2.05) is 42.5 Å². The Morgan fingerprint density at radius 1 is 1.10 bits per heavy atom. The molecule has 0 saturated heterocycles. The van der Waals surface area contributed by atoms with E-state index in [2.05, 4.69) is 39.8 Å². The third kappa shape index (κ3) is 5.40. The van der Waals surface area contributed by atoms with Gasteiger partial charge in [0.05, 0.1) is 6.61 Å². The number of rotatable bonds is 8. The first kappa shape index (κ1) is 15.9. The lowest BCUT2D eigenvalue weighted by Crippen LogP contribution is -2.21. The second-order valence-electron chi connectivity index (χ2n) is 4.80. The van der Waals surface area contributed by atoms with Gasteiger partial charge in [0, 0.05) is 22.3 Å². The first-order valence-corrected chi connectivity index (χ1v) is 8.04. The Labute approximate surface area is 134 Å². The van der Waals surface area contributed by atoms with Crippen LogP contribution in [0.15, 0.2) is 53.0 Å². The molecular weight excluding hydrogens is 328 g/mol. The average Bonchev–Trinajstić information content (AvgIpc) is 2.51. The molecule has 2 rings (SSSR count). The minimum absolute atomic E-state index is 0.690. The molecule has 0 unspecified atom stereocenters. The smallest absolute Gasteiger partial charge is 0.123 e. The van der Waals surface area contributed by atoms with Crippen LogP contribution in [0.5, 0.6) is 5.75 Å². The van der Waals surface area contributed by atoms with Gasteiger partial charge in [-0.1, -0.05) is 47.5 Å². The van der Waals surface area contributed by atoms with E-state index in [-0.39, 0.29) is 0 Å². The molecule has 21 heavy (non-hydrogen) atoms. The summed E-state index contributed by atoms with van der Waals surface area (Å²) in [5.41, 5.74) is 8.58. The fraction of sp³-hybridized carbons (Fsp3) is 0.294. The fourth-order valence-electron chi connectivity index (χ4n) is 1.92. The van der Waals surface area contributed by atoms with Crippen LogP contribution >= 0.6 is 15.9 Å². The molecule has 2 aromatic carbocycles. The SMILES string of the molecule is CCCCOc1ccc(Br)cc1CNNc1ccccc1. The van der Waals surface area contributed by atoms with E-state index >= 15 is 0 Å². The maximum atomic E-state index is 5.85. The highest BCUT2D eigenvalue weighted by molar-refractivity contribution is 9.10. The number of anilines is 1. The largest absolute Gasteiger partial charge is 0.493 e. The number of hydrazine groups is 1. The van der Waals surface area contributed by atoms with E-state index in [0.29, 0.717) is 6.54 Å². The first-order chi connectivity index (χ1) is 10.3. The summed E-state index contributed by atoms with van der Waals surface area (Å²) in [5.74, 6) is 0.939. The number of halogens is 1. The lowest BCUT2D eigenvalue weighted by Gasteiger charge is -2.13. The van der Waals surface area contributed by atoms with Crippen LogP contribution < -0.4 is 15.6 Å². The van der Waals surface area contributed by atoms with E-state index in [1.165, 1.54) is 0 Å². The minimum atomic E-state index is 0.690. The monoisotopic (exact) mass is 348 g/mol. The molecule has 0 fully saturated rings. The standard InChI is InChI=1S/C17H21BrN2O/c1-2-3-11-21-17-10-9-15(18)12-14(17)13-19-20-16-7-5-4-6-8-16/h4-10,12,19-20H,2-3,11,13H2,1H3. The van der Waals surface area contributed by atoms with Gasteiger partial charge in [0.1, 0.15) is 5.75 Å². The molecule has 0 heterocycles. The van der Waals surface area contributed by atoms with Gasteiger partial charge in [-0.2, -0.15) is 0 Å². The van der Waals surface area contributed by atoms with Gasteiger partial charge in [0.15, 0.2) is 0 Å². The van der Waals surface area contributed by atoms with Gasteiger partial charge in [0.25, 0.3) is 0 Å². The van der Waals surface area contributed by atoms with Crippen LogP contribution in [0.25, 0.3) is 0 Å². The Bertz CT molecular complexity index is 546. The molecule has 3 nitrogen and oxygen atoms in total. The minimum Gasteiger partial charge on any atom is -0.493 e. The van der Waals surface area contributed by atoms with Crippen molar-refractivity contribution in [2.24, 2.45) is 0 Å². The molecule has 0 spiro atoms. The maximum absolute atomic E-state index is 5.85. The molecule has 0 saturated carbocycles. The molecule has 2 N–H and O–H groups in total. The summed E-state index contributed by atoms with van der Waals surface area (Å²) >= 11 is 3.51. The zero-order chi connectivity index (χ0) is 14.9. The average molecular weight is 349 g/mol. The highest BCUT2D eigenvalue weighted by Crippen LogP contribution is 2.23. The number of hydrogen-bond acceptors (Lipinski definition) is 3. The number of ether oxygens (including phenoxy) is 1. The highest BCUT2D eigenvalue weighted by Gasteiger charge is 2.04. The predicted molar refractivity (Wildman–Crippen MR) is 91.4 cm³/mol. The Morgan fingerprint density at radius 2 is 1.90 bits per heavy atom. The van der Waals surface area contributed by atoms with Crippen LogP contribution in [-0.2, 0) is 6.54 Å². The molecular formula is C17H21BrN2O. The lowest BCUT2D eigenvalue weighted by atomic mass is 10.2. The number of benzene rings is 2. The molecule has 4 heteroatoms. The maximum Gasteiger partial charge on any atom is 0.123 e. The molecule has 0 aliphatic carbocycles. The Hall–Kier alpha value is -1.52. The first-order valence-electron chi connectivity index (χ1n) is 7.24. The van der Waals surface area contributed by atoms with Crippen molar-refractivity contribution in [3.63, 3.8) is 0 Å². The summed E-state index contributed by atoms with van der Waals surface area (Å²) in [4.78, 5) is 0. The zero-order valence-electron chi connectivity index (χ0n) is 12.2. The number of unbranched alkanes of at least 4 members (excludes halogenated alkanes) is 1. The predicted octanol–water partition coefficient (Wildman–Crippen LogP) is 4.74. The number of para-hydroxylation sites is 1. The summed E-state index contributed by atoms with van der Waals surface area (Å²) in [6.45, 7) is 3.62. The van der Waals surface area contributed by atoms with Crippen LogP contribution in [0.4, 0.5) is 5.69 Å². The molecule has 0 atom stereocenters. The van der Waals surface area contributed by atoms with Gasteiger partial charge in [-0.25, -0.2) is 5.43 Å². The molecule has 0 radical (unpaired) electrons. The van der Waals surface area contributed by atoms with Crippen molar-refractivity contribution in [1.29, 1.82) is 0 Å². The zero-order valence-corrected chi connectivity index (χ0v) is 13.8. The van der Waals surface area contributed by atoms with Crippen molar-refractivity contribution in [3.05, 3.63) is 58.6 Å². The van der Waals surface area contributed by atoms with E-state index in [1.54, 1.807) is 0 Å². The second-order valence-corrected chi connectivity index (χ2v) is 5.71. The number of nitrogens with one attached hydrogen (secondary N) is 2. The Morgan fingerprint density at radius 3 is 2.67 bits per heavy atom. The summed E-state index contributed by atoms with van der Waals surface area (Å²) in [6.07, 6.45) is 2.21. The summed E-state index contributed by atoms with van der Waals surface area (Å²) in [7, 11) is 0. The van der Waals surface area contributed by atoms with E-state index < -0.39 is 0 Å². The van der Waals surface area contributed by atoms with Crippen LogP contribution in [0, 0.1) is 0 Å². The normalized spacial score (nSPS) is 10.4. The molecule has 2 aromatic rings. The molecule has 0 aliphatic heterocycles. The molecule has 0 bridgehead atoms. The van der Waals surface area contributed by atoms with E-state index in [9.17, 15) is 0 Å². The van der Waals surface area contributed by atoms with Gasteiger partial charge in [0.2, 0.25) is 0 Å². The molecule has 0 aliphatic rings. The molecule has 0 amide bonds. The van der Waals surface area contributed by atoms with Gasteiger partial charge in [-0.15, -0.1) is 0 Å². The second kappa shape index (κ2) is 8.70. The Balaban J connectivity index is 1.92. The quantitative estimate of drug-likeness (QED) is 0.533. The van der Waals surface area contributed by atoms with E-state index in [0.717, 1.165) is 40.9 Å². The third-order valence-corrected chi connectivity index (χ3v) is 3.56. The highest BCUT2D eigenvalue weighted by atomic mass is 79.9. The van der Waals surface area contributed by atoms with Gasteiger partial charge in [-0.3, -0.25) is 0 Å². The van der Waals surface area contributed by atoms with Crippen molar-refractivity contribution in [2.75, 3.05) is 12.0 Å². The lowest BCUT2D eigenvalue weighted by molar-refractivity contribution is 0.305. The topological polar surface area (TPSA) is 33.3 Å². The van der Waals surface area contributed by atoms with Crippen LogP contribution in [0.3, 0.4) is 0 Å². The van der Waals surface area contributed by atoms with Crippen molar-refractivity contribution in [3.8, 4) is 5.75 Å². The van der Waals surface area contributed by atoms with Crippen molar-refractivity contribution < 1.29 is 4.74 Å². The summed E-state index contributed by atoms with van der Waals surface area (Å²) < 4.78 is 6.90. The summed E-state index contributed by atoms with van der Waals surface area (Å²) in [6, 6.07) is 16.2. The summed E-state index contributed by atoms with van der Waals surface area (Å²) in [5, 5.41) is 0.